The van der Waals surface area contributed by atoms with Crippen molar-refractivity contribution in [3.63, 3.8) is 0 Å². The van der Waals surface area contributed by atoms with Crippen molar-refractivity contribution in [3.8, 4) is 0 Å². The molecule has 0 radical (unpaired) electrons. The van der Waals surface area contributed by atoms with Gasteiger partial charge in [0.15, 0.2) is 6.10 Å². The van der Waals surface area contributed by atoms with Crippen LogP contribution in [0.3, 0.4) is 0 Å². The Bertz CT molecular complexity index is 781. The molecule has 1 unspecified atom stereocenters. The molecule has 2 aromatic rings. The van der Waals surface area contributed by atoms with Gasteiger partial charge in [0.2, 0.25) is 0 Å². The van der Waals surface area contributed by atoms with E-state index in [1.807, 2.05) is 45.0 Å². The van der Waals surface area contributed by atoms with Gasteiger partial charge in [-0.2, -0.15) is 0 Å². The second-order valence-electron chi connectivity index (χ2n) is 6.93. The van der Waals surface area contributed by atoms with Crippen molar-refractivity contribution >= 4 is 28.9 Å². The maximum Gasteiger partial charge on any atom is 0.349 e. The standard InChI is InChI=1S/C21H25NO3S/c1-4-17(20(23)22-16-10-13(2)9-14(3)11-16)25-21(24)19-12-15-7-5-6-8-18(15)26-19/h9-12,17H,4-8H2,1-3H3,(H,22,23). The molecule has 0 bridgehead atoms. The SMILES string of the molecule is CCC(OC(=O)c1cc2c(s1)CCCC2)C(=O)Nc1cc(C)cc(C)c1. The largest absolute Gasteiger partial charge is 0.448 e. The Balaban J connectivity index is 1.67. The van der Waals surface area contributed by atoms with Crippen LogP contribution in [-0.2, 0) is 22.4 Å². The quantitative estimate of drug-likeness (QED) is 0.767. The zero-order valence-corrected chi connectivity index (χ0v) is 16.4. The second-order valence-corrected chi connectivity index (χ2v) is 8.07. The van der Waals surface area contributed by atoms with Gasteiger partial charge in [0.25, 0.3) is 5.91 Å². The number of esters is 1. The second kappa shape index (κ2) is 8.04. The van der Waals surface area contributed by atoms with Crippen molar-refractivity contribution < 1.29 is 14.3 Å². The number of carbonyl (C=O) groups is 2. The van der Waals surface area contributed by atoms with Gasteiger partial charge in [-0.05, 0) is 80.8 Å². The highest BCUT2D eigenvalue weighted by Crippen LogP contribution is 2.30. The monoisotopic (exact) mass is 371 g/mol. The number of benzene rings is 1. The molecule has 1 N–H and O–H groups in total. The summed E-state index contributed by atoms with van der Waals surface area (Å²) in [6.07, 6.45) is 4.07. The molecule has 1 aromatic carbocycles. The van der Waals surface area contributed by atoms with Crippen LogP contribution in [0.4, 0.5) is 5.69 Å². The molecule has 138 valence electrons. The molecule has 0 aliphatic heterocycles. The van der Waals surface area contributed by atoms with Gasteiger partial charge in [-0.1, -0.05) is 13.0 Å². The van der Waals surface area contributed by atoms with Gasteiger partial charge < -0.3 is 10.1 Å². The molecular weight excluding hydrogens is 346 g/mol. The first kappa shape index (κ1) is 18.6. The summed E-state index contributed by atoms with van der Waals surface area (Å²) in [5.41, 5.74) is 4.15. The minimum absolute atomic E-state index is 0.285. The number of aryl methyl sites for hydroxylation is 4. The first-order valence-corrected chi connectivity index (χ1v) is 9.99. The van der Waals surface area contributed by atoms with Crippen molar-refractivity contribution in [1.82, 2.24) is 0 Å². The van der Waals surface area contributed by atoms with Crippen molar-refractivity contribution in [1.29, 1.82) is 0 Å². The van der Waals surface area contributed by atoms with Crippen LogP contribution in [0.2, 0.25) is 0 Å². The Labute approximate surface area is 158 Å². The number of rotatable bonds is 5. The van der Waals surface area contributed by atoms with Gasteiger partial charge in [-0.25, -0.2) is 4.79 Å². The van der Waals surface area contributed by atoms with E-state index in [0.29, 0.717) is 11.3 Å². The number of ether oxygens (including phenoxy) is 1. The number of hydrogen-bond acceptors (Lipinski definition) is 4. The Morgan fingerprint density at radius 3 is 2.46 bits per heavy atom. The summed E-state index contributed by atoms with van der Waals surface area (Å²) in [6.45, 7) is 5.82. The van der Waals surface area contributed by atoms with Crippen LogP contribution in [0.15, 0.2) is 24.3 Å². The molecule has 3 rings (SSSR count). The fraction of sp³-hybridized carbons (Fsp3) is 0.429. The first-order valence-electron chi connectivity index (χ1n) is 9.18. The lowest BCUT2D eigenvalue weighted by Crippen LogP contribution is -2.32. The molecule has 5 heteroatoms. The first-order chi connectivity index (χ1) is 12.5. The molecule has 4 nitrogen and oxygen atoms in total. The number of amides is 1. The molecule has 1 aromatic heterocycles. The Morgan fingerprint density at radius 1 is 1.12 bits per heavy atom. The van der Waals surface area contributed by atoms with Gasteiger partial charge in [0, 0.05) is 10.6 Å². The van der Waals surface area contributed by atoms with E-state index in [0.717, 1.165) is 29.7 Å². The summed E-state index contributed by atoms with van der Waals surface area (Å²) < 4.78 is 5.52. The highest BCUT2D eigenvalue weighted by atomic mass is 32.1. The van der Waals surface area contributed by atoms with Crippen LogP contribution in [0.5, 0.6) is 0 Å². The van der Waals surface area contributed by atoms with Crippen molar-refractivity contribution in [3.05, 3.63) is 50.7 Å². The third-order valence-electron chi connectivity index (χ3n) is 4.60. The average molecular weight is 372 g/mol. The molecule has 1 aliphatic rings. The van der Waals surface area contributed by atoms with E-state index in [1.54, 1.807) is 0 Å². The minimum Gasteiger partial charge on any atom is -0.448 e. The molecule has 1 heterocycles. The van der Waals surface area contributed by atoms with Crippen molar-refractivity contribution in [2.45, 2.75) is 59.0 Å². The van der Waals surface area contributed by atoms with Gasteiger partial charge in [-0.3, -0.25) is 4.79 Å². The lowest BCUT2D eigenvalue weighted by atomic mass is 9.99. The molecule has 0 spiro atoms. The van der Waals surface area contributed by atoms with E-state index in [4.69, 9.17) is 4.74 Å². The van der Waals surface area contributed by atoms with Crippen LogP contribution in [0, 0.1) is 13.8 Å². The fourth-order valence-electron chi connectivity index (χ4n) is 3.37. The van der Waals surface area contributed by atoms with Crippen LogP contribution in [0.25, 0.3) is 0 Å². The molecule has 0 saturated heterocycles. The lowest BCUT2D eigenvalue weighted by molar-refractivity contribution is -0.124. The Hall–Kier alpha value is -2.14. The average Bonchev–Trinajstić information content (AvgIpc) is 3.02. The molecule has 0 saturated carbocycles. The summed E-state index contributed by atoms with van der Waals surface area (Å²) in [4.78, 5) is 26.9. The van der Waals surface area contributed by atoms with Gasteiger partial charge >= 0.3 is 5.97 Å². The van der Waals surface area contributed by atoms with E-state index in [1.165, 1.54) is 34.6 Å². The van der Waals surface area contributed by atoms with Crippen molar-refractivity contribution in [2.24, 2.45) is 0 Å². The molecule has 26 heavy (non-hydrogen) atoms. The predicted octanol–water partition coefficient (Wildman–Crippen LogP) is 4.82. The van der Waals surface area contributed by atoms with E-state index < -0.39 is 12.1 Å². The van der Waals surface area contributed by atoms with Crippen LogP contribution in [0.1, 0.15) is 57.4 Å². The molecule has 1 atom stereocenters. The molecule has 1 aliphatic carbocycles. The fourth-order valence-corrected chi connectivity index (χ4v) is 4.51. The molecule has 0 fully saturated rings. The number of thiophene rings is 1. The summed E-state index contributed by atoms with van der Waals surface area (Å²) in [6, 6.07) is 7.81. The van der Waals surface area contributed by atoms with E-state index in [9.17, 15) is 9.59 Å². The Morgan fingerprint density at radius 2 is 1.81 bits per heavy atom. The third kappa shape index (κ3) is 4.33. The van der Waals surface area contributed by atoms with E-state index in [2.05, 4.69) is 5.32 Å². The summed E-state index contributed by atoms with van der Waals surface area (Å²) in [7, 11) is 0. The summed E-state index contributed by atoms with van der Waals surface area (Å²) in [5.74, 6) is -0.681. The number of anilines is 1. The number of hydrogen-bond donors (Lipinski definition) is 1. The van der Waals surface area contributed by atoms with Gasteiger partial charge in [-0.15, -0.1) is 11.3 Å². The van der Waals surface area contributed by atoms with Crippen molar-refractivity contribution in [2.75, 3.05) is 5.32 Å². The maximum absolute atomic E-state index is 12.5. The highest BCUT2D eigenvalue weighted by Gasteiger charge is 2.24. The van der Waals surface area contributed by atoms with E-state index in [-0.39, 0.29) is 5.91 Å². The number of fused-ring (bicyclic) bond motifs is 1. The van der Waals surface area contributed by atoms with Gasteiger partial charge in [0.05, 0.1) is 0 Å². The summed E-state index contributed by atoms with van der Waals surface area (Å²) >= 11 is 1.51. The number of carbonyl (C=O) groups excluding carboxylic acids is 2. The molecular formula is C21H25NO3S. The van der Waals surface area contributed by atoms with Crippen LogP contribution >= 0.6 is 11.3 Å². The van der Waals surface area contributed by atoms with Crippen LogP contribution < -0.4 is 5.32 Å². The topological polar surface area (TPSA) is 55.4 Å². The number of nitrogens with one attached hydrogen (secondary N) is 1. The zero-order valence-electron chi connectivity index (χ0n) is 15.6. The maximum atomic E-state index is 12.5. The lowest BCUT2D eigenvalue weighted by Gasteiger charge is -2.16. The third-order valence-corrected chi connectivity index (χ3v) is 5.82. The highest BCUT2D eigenvalue weighted by molar-refractivity contribution is 7.14. The minimum atomic E-state index is -0.789. The van der Waals surface area contributed by atoms with E-state index >= 15 is 0 Å². The zero-order chi connectivity index (χ0) is 18.7. The van der Waals surface area contributed by atoms with Gasteiger partial charge in [0.1, 0.15) is 4.88 Å². The normalized spacial score (nSPS) is 14.4. The summed E-state index contributed by atoms with van der Waals surface area (Å²) in [5, 5.41) is 2.87. The molecule has 1 amide bonds. The predicted molar refractivity (Wildman–Crippen MR) is 105 cm³/mol. The smallest absolute Gasteiger partial charge is 0.349 e. The van der Waals surface area contributed by atoms with Crippen LogP contribution in [-0.4, -0.2) is 18.0 Å². The Kier molecular flexibility index (Phi) is 5.77.